The molecule has 0 aliphatic rings. The van der Waals surface area contributed by atoms with Gasteiger partial charge in [-0.25, -0.2) is 9.97 Å². The SMILES string of the molecule is CC(C)C(Sc1nccc(-c2ccccn2)n1)C(=O)O. The van der Waals surface area contributed by atoms with E-state index in [9.17, 15) is 9.90 Å². The molecule has 0 fully saturated rings. The van der Waals surface area contributed by atoms with E-state index >= 15 is 0 Å². The van der Waals surface area contributed by atoms with Crippen LogP contribution in [0.3, 0.4) is 0 Å². The monoisotopic (exact) mass is 289 g/mol. The van der Waals surface area contributed by atoms with Crippen LogP contribution in [0.25, 0.3) is 11.4 Å². The van der Waals surface area contributed by atoms with Crippen molar-refractivity contribution in [2.24, 2.45) is 5.92 Å². The van der Waals surface area contributed by atoms with Crippen LogP contribution in [0.5, 0.6) is 0 Å². The zero-order chi connectivity index (χ0) is 14.5. The Balaban J connectivity index is 2.24. The third kappa shape index (κ3) is 3.54. The van der Waals surface area contributed by atoms with E-state index in [1.807, 2.05) is 32.0 Å². The van der Waals surface area contributed by atoms with Gasteiger partial charge in [-0.3, -0.25) is 9.78 Å². The Morgan fingerprint density at radius 3 is 2.55 bits per heavy atom. The summed E-state index contributed by atoms with van der Waals surface area (Å²) in [4.78, 5) is 23.9. The predicted octanol–water partition coefficient (Wildman–Crippen LogP) is 2.74. The van der Waals surface area contributed by atoms with Crippen LogP contribution in [0.2, 0.25) is 0 Å². The first-order chi connectivity index (χ1) is 9.58. The lowest BCUT2D eigenvalue weighted by molar-refractivity contribution is -0.137. The van der Waals surface area contributed by atoms with Crippen molar-refractivity contribution in [1.82, 2.24) is 15.0 Å². The fourth-order valence-corrected chi connectivity index (χ4v) is 2.51. The minimum absolute atomic E-state index is 0.000364. The molecule has 5 nitrogen and oxygen atoms in total. The molecule has 1 N–H and O–H groups in total. The fourth-order valence-electron chi connectivity index (χ4n) is 1.64. The smallest absolute Gasteiger partial charge is 0.317 e. The normalized spacial score (nSPS) is 12.3. The number of carboxylic acid groups (broad SMARTS) is 1. The largest absolute Gasteiger partial charge is 0.480 e. The number of thioether (sulfide) groups is 1. The molecule has 2 heterocycles. The topological polar surface area (TPSA) is 76.0 Å². The molecule has 2 aromatic heterocycles. The highest BCUT2D eigenvalue weighted by molar-refractivity contribution is 8.00. The number of carbonyl (C=O) groups is 1. The Kier molecular flexibility index (Phi) is 4.68. The second-order valence-corrected chi connectivity index (χ2v) is 5.67. The second-order valence-electron chi connectivity index (χ2n) is 4.56. The van der Waals surface area contributed by atoms with Gasteiger partial charge in [0.15, 0.2) is 5.16 Å². The number of rotatable bonds is 5. The average Bonchev–Trinajstić information content (AvgIpc) is 2.45. The highest BCUT2D eigenvalue weighted by Crippen LogP contribution is 2.26. The Morgan fingerprint density at radius 1 is 1.15 bits per heavy atom. The molecule has 0 radical (unpaired) electrons. The molecule has 0 aliphatic carbocycles. The zero-order valence-corrected chi connectivity index (χ0v) is 12.0. The highest BCUT2D eigenvalue weighted by Gasteiger charge is 2.24. The third-order valence-corrected chi connectivity index (χ3v) is 4.05. The fraction of sp³-hybridized carbons (Fsp3) is 0.286. The summed E-state index contributed by atoms with van der Waals surface area (Å²) in [6.07, 6.45) is 3.32. The van der Waals surface area contributed by atoms with Crippen LogP contribution < -0.4 is 0 Å². The van der Waals surface area contributed by atoms with E-state index in [0.717, 1.165) is 17.5 Å². The standard InChI is InChI=1S/C14H15N3O2S/c1-9(2)12(13(18)19)20-14-16-8-6-11(17-14)10-5-3-4-7-15-10/h3-9,12H,1-2H3,(H,18,19). The lowest BCUT2D eigenvalue weighted by atomic mass is 10.1. The summed E-state index contributed by atoms with van der Waals surface area (Å²) in [6, 6.07) is 7.33. The van der Waals surface area contributed by atoms with Crippen LogP contribution in [0.4, 0.5) is 0 Å². The molecule has 0 amide bonds. The molecule has 20 heavy (non-hydrogen) atoms. The summed E-state index contributed by atoms with van der Waals surface area (Å²) >= 11 is 1.16. The van der Waals surface area contributed by atoms with Gasteiger partial charge in [0.1, 0.15) is 5.25 Å². The molecular formula is C14H15N3O2S. The van der Waals surface area contributed by atoms with Crippen molar-refractivity contribution in [3.8, 4) is 11.4 Å². The van der Waals surface area contributed by atoms with Gasteiger partial charge in [0.05, 0.1) is 11.4 Å². The highest BCUT2D eigenvalue weighted by atomic mass is 32.2. The van der Waals surface area contributed by atoms with E-state index in [0.29, 0.717) is 10.9 Å². The summed E-state index contributed by atoms with van der Waals surface area (Å²) in [6.45, 7) is 3.74. The van der Waals surface area contributed by atoms with Crippen molar-refractivity contribution >= 4 is 17.7 Å². The Bertz CT molecular complexity index is 590. The number of hydrogen-bond acceptors (Lipinski definition) is 5. The Morgan fingerprint density at radius 2 is 1.95 bits per heavy atom. The van der Waals surface area contributed by atoms with Crippen molar-refractivity contribution in [1.29, 1.82) is 0 Å². The van der Waals surface area contributed by atoms with Gasteiger partial charge in [0, 0.05) is 12.4 Å². The summed E-state index contributed by atoms with van der Waals surface area (Å²) in [5, 5.41) is 9.09. The summed E-state index contributed by atoms with van der Waals surface area (Å²) in [5.41, 5.74) is 1.43. The number of hydrogen-bond donors (Lipinski definition) is 1. The lowest BCUT2D eigenvalue weighted by Gasteiger charge is -2.14. The quantitative estimate of drug-likeness (QED) is 0.673. The molecule has 0 bridgehead atoms. The molecule has 2 rings (SSSR count). The van der Waals surface area contributed by atoms with Gasteiger partial charge in [-0.05, 0) is 24.1 Å². The predicted molar refractivity (Wildman–Crippen MR) is 77.4 cm³/mol. The number of aliphatic carboxylic acids is 1. The van der Waals surface area contributed by atoms with Gasteiger partial charge in [-0.2, -0.15) is 0 Å². The van der Waals surface area contributed by atoms with Gasteiger partial charge in [0.2, 0.25) is 0 Å². The van der Waals surface area contributed by atoms with Crippen LogP contribution in [0.1, 0.15) is 13.8 Å². The molecule has 2 aromatic rings. The van der Waals surface area contributed by atoms with Crippen LogP contribution in [0, 0.1) is 5.92 Å². The van der Waals surface area contributed by atoms with E-state index in [2.05, 4.69) is 15.0 Å². The molecular weight excluding hydrogens is 274 g/mol. The molecule has 0 aromatic carbocycles. The number of pyridine rings is 1. The van der Waals surface area contributed by atoms with Gasteiger partial charge in [0.25, 0.3) is 0 Å². The van der Waals surface area contributed by atoms with Crippen molar-refractivity contribution < 1.29 is 9.90 Å². The first-order valence-corrected chi connectivity index (χ1v) is 7.10. The van der Waals surface area contributed by atoms with Crippen molar-refractivity contribution in [2.75, 3.05) is 0 Å². The minimum atomic E-state index is -0.850. The first-order valence-electron chi connectivity index (χ1n) is 6.22. The summed E-state index contributed by atoms with van der Waals surface area (Å²) in [7, 11) is 0. The number of nitrogens with zero attached hydrogens (tertiary/aromatic N) is 3. The maximum Gasteiger partial charge on any atom is 0.317 e. The van der Waals surface area contributed by atoms with Crippen LogP contribution in [-0.4, -0.2) is 31.3 Å². The van der Waals surface area contributed by atoms with Crippen LogP contribution in [-0.2, 0) is 4.79 Å². The van der Waals surface area contributed by atoms with Gasteiger partial charge >= 0.3 is 5.97 Å². The van der Waals surface area contributed by atoms with Gasteiger partial charge < -0.3 is 5.11 Å². The molecule has 0 aliphatic heterocycles. The molecule has 0 saturated heterocycles. The molecule has 104 valence electrons. The van der Waals surface area contributed by atoms with Gasteiger partial charge in [-0.15, -0.1) is 0 Å². The second kappa shape index (κ2) is 6.47. The van der Waals surface area contributed by atoms with E-state index in [1.165, 1.54) is 0 Å². The maximum atomic E-state index is 11.2. The van der Waals surface area contributed by atoms with Crippen LogP contribution >= 0.6 is 11.8 Å². The van der Waals surface area contributed by atoms with Gasteiger partial charge in [-0.1, -0.05) is 31.7 Å². The van der Waals surface area contributed by atoms with E-state index in [-0.39, 0.29) is 5.92 Å². The first kappa shape index (κ1) is 14.5. The average molecular weight is 289 g/mol. The molecule has 0 spiro atoms. The van der Waals surface area contributed by atoms with E-state index in [1.54, 1.807) is 18.5 Å². The number of aromatic nitrogens is 3. The molecule has 0 saturated carbocycles. The third-order valence-electron chi connectivity index (χ3n) is 2.64. The Labute approximate surface area is 121 Å². The number of carboxylic acids is 1. The minimum Gasteiger partial charge on any atom is -0.480 e. The summed E-state index contributed by atoms with van der Waals surface area (Å²) < 4.78 is 0. The molecule has 6 heteroatoms. The van der Waals surface area contributed by atoms with Crippen molar-refractivity contribution in [3.05, 3.63) is 36.7 Å². The van der Waals surface area contributed by atoms with E-state index in [4.69, 9.17) is 0 Å². The van der Waals surface area contributed by atoms with E-state index < -0.39 is 11.2 Å². The Hall–Kier alpha value is -1.95. The zero-order valence-electron chi connectivity index (χ0n) is 11.2. The van der Waals surface area contributed by atoms with Crippen LogP contribution in [0.15, 0.2) is 41.8 Å². The molecule has 1 unspecified atom stereocenters. The molecule has 1 atom stereocenters. The maximum absolute atomic E-state index is 11.2. The van der Waals surface area contributed by atoms with Crippen molar-refractivity contribution in [3.63, 3.8) is 0 Å². The summed E-state index contributed by atoms with van der Waals surface area (Å²) in [5.74, 6) is -0.851. The van der Waals surface area contributed by atoms with Crippen molar-refractivity contribution in [2.45, 2.75) is 24.3 Å². The lowest BCUT2D eigenvalue weighted by Crippen LogP contribution is -2.22.